The number of nitrogens with zero attached hydrogens (tertiary/aromatic N) is 1. The van der Waals surface area contributed by atoms with Gasteiger partial charge in [0.05, 0.1) is 12.7 Å². The molecule has 0 aromatic carbocycles. The first-order valence-electron chi connectivity index (χ1n) is 5.21. The molecule has 1 saturated carbocycles. The Morgan fingerprint density at radius 1 is 1.38 bits per heavy atom. The van der Waals surface area contributed by atoms with Crippen molar-refractivity contribution < 1.29 is 10.2 Å². The van der Waals surface area contributed by atoms with E-state index < -0.39 is 0 Å². The lowest BCUT2D eigenvalue weighted by atomic mass is 10.1. The fourth-order valence-electron chi connectivity index (χ4n) is 2.23. The monoisotopic (exact) mass is 187 g/mol. The van der Waals surface area contributed by atoms with Crippen molar-refractivity contribution in [1.29, 1.82) is 0 Å². The second kappa shape index (κ2) is 4.94. The molecule has 0 unspecified atom stereocenters. The first-order chi connectivity index (χ1) is 6.16. The summed E-state index contributed by atoms with van der Waals surface area (Å²) in [6.45, 7) is 5.09. The van der Waals surface area contributed by atoms with Gasteiger partial charge in [-0.05, 0) is 33.1 Å². The number of aliphatic hydroxyl groups is 2. The van der Waals surface area contributed by atoms with Gasteiger partial charge in [0.2, 0.25) is 0 Å². The second-order valence-corrected chi connectivity index (χ2v) is 4.12. The number of aliphatic hydroxyl groups excluding tert-OH is 2. The quantitative estimate of drug-likeness (QED) is 0.677. The van der Waals surface area contributed by atoms with Crippen LogP contribution in [0.25, 0.3) is 0 Å². The van der Waals surface area contributed by atoms with Crippen molar-refractivity contribution in [3.63, 3.8) is 0 Å². The molecule has 3 heteroatoms. The van der Waals surface area contributed by atoms with Gasteiger partial charge in [0.1, 0.15) is 0 Å². The van der Waals surface area contributed by atoms with E-state index in [-0.39, 0.29) is 18.8 Å². The lowest BCUT2D eigenvalue weighted by Gasteiger charge is -2.33. The molecule has 0 amide bonds. The van der Waals surface area contributed by atoms with Gasteiger partial charge in [-0.3, -0.25) is 4.90 Å². The van der Waals surface area contributed by atoms with Gasteiger partial charge in [-0.1, -0.05) is 0 Å². The van der Waals surface area contributed by atoms with E-state index in [1.165, 1.54) is 0 Å². The SMILES string of the molecule is CC(C)N(CCO)[C@@H]1CCC[C@H]1O. The summed E-state index contributed by atoms with van der Waals surface area (Å²) in [5.74, 6) is 0. The molecular weight excluding hydrogens is 166 g/mol. The maximum Gasteiger partial charge on any atom is 0.0695 e. The summed E-state index contributed by atoms with van der Waals surface area (Å²) >= 11 is 0. The van der Waals surface area contributed by atoms with E-state index in [2.05, 4.69) is 18.7 Å². The summed E-state index contributed by atoms with van der Waals surface area (Å²) in [5.41, 5.74) is 0. The van der Waals surface area contributed by atoms with E-state index in [1.54, 1.807) is 0 Å². The molecule has 0 aromatic rings. The molecule has 2 N–H and O–H groups in total. The zero-order valence-corrected chi connectivity index (χ0v) is 8.61. The van der Waals surface area contributed by atoms with E-state index in [0.29, 0.717) is 12.6 Å². The van der Waals surface area contributed by atoms with Crippen LogP contribution >= 0.6 is 0 Å². The van der Waals surface area contributed by atoms with Crippen molar-refractivity contribution in [3.8, 4) is 0 Å². The summed E-state index contributed by atoms with van der Waals surface area (Å²) in [4.78, 5) is 2.21. The van der Waals surface area contributed by atoms with Gasteiger partial charge < -0.3 is 10.2 Å². The maximum atomic E-state index is 9.71. The maximum absolute atomic E-state index is 9.71. The van der Waals surface area contributed by atoms with Crippen LogP contribution in [-0.2, 0) is 0 Å². The van der Waals surface area contributed by atoms with Crippen molar-refractivity contribution in [2.75, 3.05) is 13.2 Å². The van der Waals surface area contributed by atoms with Crippen molar-refractivity contribution >= 4 is 0 Å². The molecule has 0 aromatic heterocycles. The molecule has 1 fully saturated rings. The highest BCUT2D eigenvalue weighted by atomic mass is 16.3. The van der Waals surface area contributed by atoms with Crippen LogP contribution in [0.2, 0.25) is 0 Å². The van der Waals surface area contributed by atoms with Crippen LogP contribution in [0.4, 0.5) is 0 Å². The van der Waals surface area contributed by atoms with Crippen LogP contribution in [0.5, 0.6) is 0 Å². The van der Waals surface area contributed by atoms with Crippen LogP contribution in [0.1, 0.15) is 33.1 Å². The molecular formula is C10H21NO2. The normalized spacial score (nSPS) is 29.1. The Hall–Kier alpha value is -0.120. The smallest absolute Gasteiger partial charge is 0.0695 e. The van der Waals surface area contributed by atoms with E-state index in [9.17, 15) is 5.11 Å². The second-order valence-electron chi connectivity index (χ2n) is 4.12. The predicted octanol–water partition coefficient (Wildman–Crippen LogP) is 0.602. The molecule has 0 aliphatic heterocycles. The third-order valence-corrected chi connectivity index (χ3v) is 2.89. The molecule has 1 rings (SSSR count). The minimum Gasteiger partial charge on any atom is -0.395 e. The van der Waals surface area contributed by atoms with Crippen LogP contribution in [-0.4, -0.2) is 46.5 Å². The average Bonchev–Trinajstić information content (AvgIpc) is 2.47. The minimum absolute atomic E-state index is 0.182. The largest absolute Gasteiger partial charge is 0.395 e. The number of hydrogen-bond donors (Lipinski definition) is 2. The van der Waals surface area contributed by atoms with E-state index >= 15 is 0 Å². The molecule has 1 aliphatic rings. The van der Waals surface area contributed by atoms with E-state index in [4.69, 9.17) is 5.11 Å². The van der Waals surface area contributed by atoms with Crippen molar-refractivity contribution in [2.24, 2.45) is 0 Å². The van der Waals surface area contributed by atoms with Crippen molar-refractivity contribution in [3.05, 3.63) is 0 Å². The van der Waals surface area contributed by atoms with Gasteiger partial charge >= 0.3 is 0 Å². The summed E-state index contributed by atoms with van der Waals surface area (Å²) in [5, 5.41) is 18.6. The van der Waals surface area contributed by atoms with Crippen molar-refractivity contribution in [1.82, 2.24) is 4.90 Å². The molecule has 0 spiro atoms. The molecule has 0 heterocycles. The summed E-state index contributed by atoms with van der Waals surface area (Å²) in [7, 11) is 0. The van der Waals surface area contributed by atoms with Crippen LogP contribution in [0.15, 0.2) is 0 Å². The van der Waals surface area contributed by atoms with Crippen LogP contribution in [0, 0.1) is 0 Å². The summed E-state index contributed by atoms with van der Waals surface area (Å²) in [6.07, 6.45) is 2.91. The molecule has 0 saturated heterocycles. The molecule has 1 aliphatic carbocycles. The van der Waals surface area contributed by atoms with Gasteiger partial charge in [0, 0.05) is 18.6 Å². The fourth-order valence-corrected chi connectivity index (χ4v) is 2.23. The fraction of sp³-hybridized carbons (Fsp3) is 1.00. The summed E-state index contributed by atoms with van der Waals surface area (Å²) in [6, 6.07) is 0.678. The van der Waals surface area contributed by atoms with Crippen molar-refractivity contribution in [2.45, 2.75) is 51.3 Å². The highest BCUT2D eigenvalue weighted by Crippen LogP contribution is 2.25. The first kappa shape index (κ1) is 11.0. The topological polar surface area (TPSA) is 43.7 Å². The summed E-state index contributed by atoms with van der Waals surface area (Å²) < 4.78 is 0. The predicted molar refractivity (Wildman–Crippen MR) is 52.6 cm³/mol. The van der Waals surface area contributed by atoms with Gasteiger partial charge in [-0.15, -0.1) is 0 Å². The Bertz CT molecular complexity index is 150. The van der Waals surface area contributed by atoms with Gasteiger partial charge in [-0.25, -0.2) is 0 Å². The zero-order valence-electron chi connectivity index (χ0n) is 8.61. The van der Waals surface area contributed by atoms with Gasteiger partial charge in [0.15, 0.2) is 0 Å². The molecule has 78 valence electrons. The number of rotatable bonds is 4. The Morgan fingerprint density at radius 3 is 2.46 bits per heavy atom. The zero-order chi connectivity index (χ0) is 9.84. The molecule has 13 heavy (non-hydrogen) atoms. The Labute approximate surface area is 80.4 Å². The van der Waals surface area contributed by atoms with Crippen LogP contribution < -0.4 is 0 Å². The highest BCUT2D eigenvalue weighted by molar-refractivity contribution is 4.86. The Kier molecular flexibility index (Phi) is 4.16. The molecule has 2 atom stereocenters. The standard InChI is InChI=1S/C10H21NO2/c1-8(2)11(6-7-12)9-4-3-5-10(9)13/h8-10,12-13H,3-7H2,1-2H3/t9-,10-/m1/s1. The first-order valence-corrected chi connectivity index (χ1v) is 5.21. The highest BCUT2D eigenvalue weighted by Gasteiger charge is 2.31. The van der Waals surface area contributed by atoms with E-state index in [0.717, 1.165) is 19.3 Å². The molecule has 0 radical (unpaired) electrons. The third-order valence-electron chi connectivity index (χ3n) is 2.89. The van der Waals surface area contributed by atoms with Crippen LogP contribution in [0.3, 0.4) is 0 Å². The lowest BCUT2D eigenvalue weighted by molar-refractivity contribution is 0.0407. The van der Waals surface area contributed by atoms with E-state index in [1.807, 2.05) is 0 Å². The minimum atomic E-state index is -0.186. The lowest BCUT2D eigenvalue weighted by Crippen LogP contribution is -2.45. The van der Waals surface area contributed by atoms with Gasteiger partial charge in [-0.2, -0.15) is 0 Å². The average molecular weight is 187 g/mol. The number of hydrogen-bond acceptors (Lipinski definition) is 3. The molecule has 3 nitrogen and oxygen atoms in total. The Morgan fingerprint density at radius 2 is 2.08 bits per heavy atom. The molecule has 0 bridgehead atoms. The van der Waals surface area contributed by atoms with Gasteiger partial charge in [0.25, 0.3) is 0 Å². The Balaban J connectivity index is 2.52. The third kappa shape index (κ3) is 2.66.